The molecule has 0 fully saturated rings. The lowest BCUT2D eigenvalue weighted by molar-refractivity contribution is 0.415. The lowest BCUT2D eigenvalue weighted by Crippen LogP contribution is -2.14. The first kappa shape index (κ1) is 24.6. The second kappa shape index (κ2) is 10.2. The molecule has 0 radical (unpaired) electrons. The van der Waals surface area contributed by atoms with Crippen LogP contribution in [0, 0.1) is 0 Å². The number of methoxy groups -OCH3 is 2. The molecule has 1 aliphatic heterocycles. The molecule has 0 bridgehead atoms. The van der Waals surface area contributed by atoms with E-state index in [0.717, 1.165) is 59.8 Å². The summed E-state index contributed by atoms with van der Waals surface area (Å²) in [5.41, 5.74) is 9.03. The van der Waals surface area contributed by atoms with Crippen LogP contribution in [-0.2, 0) is 13.0 Å². The van der Waals surface area contributed by atoms with Crippen molar-refractivity contribution < 1.29 is 9.47 Å². The Hall–Kier alpha value is -3.74. The minimum atomic E-state index is 0.665. The summed E-state index contributed by atoms with van der Waals surface area (Å²) in [6.07, 6.45) is 5.45. The van der Waals surface area contributed by atoms with E-state index < -0.39 is 0 Å². The largest absolute Gasteiger partial charge is 0.497 e. The van der Waals surface area contributed by atoms with Crippen LogP contribution in [0.1, 0.15) is 24.1 Å². The van der Waals surface area contributed by atoms with Gasteiger partial charge in [0.05, 0.1) is 25.6 Å². The summed E-state index contributed by atoms with van der Waals surface area (Å²) < 4.78 is 15.6. The van der Waals surface area contributed by atoms with Crippen molar-refractivity contribution in [1.82, 2.24) is 8.97 Å². The van der Waals surface area contributed by atoms with Crippen LogP contribution >= 0.6 is 23.8 Å². The number of hydrogen-bond donors (Lipinski definition) is 1. The molecule has 0 spiro atoms. The fourth-order valence-corrected chi connectivity index (χ4v) is 5.84. The van der Waals surface area contributed by atoms with Crippen LogP contribution in [0.25, 0.3) is 28.0 Å². The normalized spacial score (nSPS) is 12.8. The molecule has 192 valence electrons. The van der Waals surface area contributed by atoms with Crippen molar-refractivity contribution in [3.8, 4) is 33.9 Å². The number of aryl methyl sites for hydroxylation is 2. The summed E-state index contributed by atoms with van der Waals surface area (Å²) in [6, 6.07) is 24.2. The van der Waals surface area contributed by atoms with Gasteiger partial charge < -0.3 is 19.4 Å². The first-order chi connectivity index (χ1) is 18.6. The Balaban J connectivity index is 1.57. The number of nitrogens with zero attached hydrogens (tertiary/aromatic N) is 2. The number of hydrogen-bond acceptors (Lipinski definition) is 3. The predicted octanol–water partition coefficient (Wildman–Crippen LogP) is 7.87. The van der Waals surface area contributed by atoms with Crippen molar-refractivity contribution in [3.05, 3.63) is 95.3 Å². The van der Waals surface area contributed by atoms with E-state index in [9.17, 15) is 0 Å². The van der Waals surface area contributed by atoms with E-state index in [-0.39, 0.29) is 0 Å². The zero-order chi connectivity index (χ0) is 26.2. The van der Waals surface area contributed by atoms with Crippen LogP contribution < -0.4 is 14.8 Å². The zero-order valence-corrected chi connectivity index (χ0v) is 22.9. The summed E-state index contributed by atoms with van der Waals surface area (Å²) in [5, 5.41) is 4.16. The van der Waals surface area contributed by atoms with Gasteiger partial charge in [-0.15, -0.1) is 0 Å². The van der Waals surface area contributed by atoms with Crippen LogP contribution in [0.4, 0.5) is 5.69 Å². The Morgan fingerprint density at radius 2 is 1.47 bits per heavy atom. The molecule has 1 N–H and O–H groups in total. The fourth-order valence-electron chi connectivity index (χ4n) is 5.39. The number of benzene rings is 3. The van der Waals surface area contributed by atoms with Crippen LogP contribution in [0.5, 0.6) is 11.5 Å². The number of rotatable bonds is 6. The summed E-state index contributed by atoms with van der Waals surface area (Å²) in [6.45, 7) is 0.952. The second-order valence-electron chi connectivity index (χ2n) is 9.44. The van der Waals surface area contributed by atoms with Gasteiger partial charge in [0.1, 0.15) is 22.1 Å². The molecular formula is C31H28ClN3O2S. The van der Waals surface area contributed by atoms with Crippen molar-refractivity contribution in [3.63, 3.8) is 0 Å². The summed E-state index contributed by atoms with van der Waals surface area (Å²) in [7, 11) is 3.38. The Morgan fingerprint density at radius 1 is 0.842 bits per heavy atom. The Morgan fingerprint density at radius 3 is 2.11 bits per heavy atom. The third-order valence-corrected chi connectivity index (χ3v) is 7.76. The van der Waals surface area contributed by atoms with Crippen LogP contribution in [0.2, 0.25) is 5.02 Å². The van der Waals surface area contributed by atoms with E-state index in [2.05, 4.69) is 44.7 Å². The molecule has 3 heterocycles. The third kappa shape index (κ3) is 4.34. The second-order valence-corrected chi connectivity index (χ2v) is 10.3. The molecule has 5 nitrogen and oxygen atoms in total. The lowest BCUT2D eigenvalue weighted by Gasteiger charge is -2.13. The number of halogens is 1. The van der Waals surface area contributed by atoms with Gasteiger partial charge in [-0.05, 0) is 91.1 Å². The van der Waals surface area contributed by atoms with Gasteiger partial charge in [0.2, 0.25) is 0 Å². The highest BCUT2D eigenvalue weighted by Gasteiger charge is 2.28. The average Bonchev–Trinajstić information content (AvgIpc) is 3.37. The Labute approximate surface area is 232 Å². The van der Waals surface area contributed by atoms with Gasteiger partial charge in [-0.25, -0.2) is 0 Å². The molecule has 0 atom stereocenters. The van der Waals surface area contributed by atoms with Gasteiger partial charge in [-0.3, -0.25) is 4.40 Å². The van der Waals surface area contributed by atoms with Gasteiger partial charge >= 0.3 is 0 Å². The van der Waals surface area contributed by atoms with Crippen LogP contribution in [0.3, 0.4) is 0 Å². The molecule has 0 saturated heterocycles. The van der Waals surface area contributed by atoms with Crippen molar-refractivity contribution in [2.75, 3.05) is 19.5 Å². The minimum Gasteiger partial charge on any atom is -0.497 e. The zero-order valence-electron chi connectivity index (χ0n) is 21.3. The number of anilines is 1. The molecule has 7 heteroatoms. The maximum Gasteiger partial charge on any atom is 0.128 e. The number of aromatic nitrogens is 2. The van der Waals surface area contributed by atoms with Crippen molar-refractivity contribution in [2.24, 2.45) is 0 Å². The number of thiocarbonyl (C=S) groups is 1. The van der Waals surface area contributed by atoms with Crippen LogP contribution in [0.15, 0.2) is 79.0 Å². The monoisotopic (exact) mass is 541 g/mol. The molecule has 5 aromatic rings. The highest BCUT2D eigenvalue weighted by Crippen LogP contribution is 2.40. The molecular weight excluding hydrogens is 514 g/mol. The molecule has 6 rings (SSSR count). The van der Waals surface area contributed by atoms with Gasteiger partial charge in [-0.2, -0.15) is 0 Å². The molecule has 38 heavy (non-hydrogen) atoms. The minimum absolute atomic E-state index is 0.665. The summed E-state index contributed by atoms with van der Waals surface area (Å²) in [5.74, 6) is 1.68. The third-order valence-electron chi connectivity index (χ3n) is 7.22. The van der Waals surface area contributed by atoms with Crippen molar-refractivity contribution in [2.45, 2.75) is 25.8 Å². The average molecular weight is 542 g/mol. The number of imidazole rings is 1. The molecule has 2 aromatic heterocycles. The molecule has 0 saturated carbocycles. The Bertz CT molecular complexity index is 1620. The predicted molar refractivity (Wildman–Crippen MR) is 159 cm³/mol. The molecule has 0 aliphatic carbocycles. The Kier molecular flexibility index (Phi) is 6.60. The number of nitrogens with one attached hydrogen (secondary N) is 1. The molecule has 1 aliphatic rings. The fraction of sp³-hybridized carbons (Fsp3) is 0.194. The SMILES string of the molecule is COc1ccc(-c2c3c4n(c(-c5ccc(OC)cc5)cn4c2C(=S)Nc2ccc(Cl)cc2)CCCC3)cc1. The van der Waals surface area contributed by atoms with E-state index in [1.807, 2.05) is 48.5 Å². The maximum absolute atomic E-state index is 6.13. The number of ether oxygens (including phenoxy) is 2. The van der Waals surface area contributed by atoms with Crippen LogP contribution in [-0.4, -0.2) is 28.2 Å². The van der Waals surface area contributed by atoms with Gasteiger partial charge in [0.15, 0.2) is 0 Å². The van der Waals surface area contributed by atoms with E-state index in [0.29, 0.717) is 10.0 Å². The van der Waals surface area contributed by atoms with E-state index in [4.69, 9.17) is 33.3 Å². The first-order valence-electron chi connectivity index (χ1n) is 12.7. The van der Waals surface area contributed by atoms with Crippen molar-refractivity contribution in [1.29, 1.82) is 0 Å². The molecule has 3 aromatic carbocycles. The molecule has 0 amide bonds. The van der Waals surface area contributed by atoms with Gasteiger partial charge in [-0.1, -0.05) is 36.0 Å². The van der Waals surface area contributed by atoms with E-state index >= 15 is 0 Å². The summed E-state index contributed by atoms with van der Waals surface area (Å²) >= 11 is 12.2. The van der Waals surface area contributed by atoms with Crippen molar-refractivity contribution >= 4 is 40.1 Å². The van der Waals surface area contributed by atoms with E-state index in [1.165, 1.54) is 22.5 Å². The smallest absolute Gasteiger partial charge is 0.128 e. The van der Waals surface area contributed by atoms with Gasteiger partial charge in [0.25, 0.3) is 0 Å². The first-order valence-corrected chi connectivity index (χ1v) is 13.5. The summed E-state index contributed by atoms with van der Waals surface area (Å²) in [4.78, 5) is 0.665. The highest BCUT2D eigenvalue weighted by molar-refractivity contribution is 7.81. The topological polar surface area (TPSA) is 39.8 Å². The lowest BCUT2D eigenvalue weighted by atomic mass is 9.98. The molecule has 0 unspecified atom stereocenters. The standard InChI is InChI=1S/C31H28ClN3O2S/c1-36-24-14-6-20(7-15-24)27-19-35-29(30(38)33-23-12-10-22(32)11-13-23)28(21-8-16-25(37-2)17-9-21)26-5-3-4-18-34(27)31(26)35/h6-17,19H,3-5,18H2,1-2H3,(H,33,38). The quantitative estimate of drug-likeness (QED) is 0.222. The van der Waals surface area contributed by atoms with E-state index in [1.54, 1.807) is 14.2 Å². The van der Waals surface area contributed by atoms with Gasteiger partial charge in [0, 0.05) is 34.6 Å². The highest BCUT2D eigenvalue weighted by atomic mass is 35.5. The maximum atomic E-state index is 6.13.